The summed E-state index contributed by atoms with van der Waals surface area (Å²) in [5.41, 5.74) is 0.565. The van der Waals surface area contributed by atoms with Crippen LogP contribution in [0.5, 0.6) is 5.75 Å². The number of rotatable bonds is 6. The van der Waals surface area contributed by atoms with Crippen LogP contribution < -0.4 is 15.4 Å². The molecule has 3 aliphatic heterocycles. The van der Waals surface area contributed by atoms with Gasteiger partial charge in [-0.05, 0) is 39.8 Å². The van der Waals surface area contributed by atoms with Crippen molar-refractivity contribution in [2.24, 2.45) is 0 Å². The van der Waals surface area contributed by atoms with E-state index >= 15 is 0 Å². The van der Waals surface area contributed by atoms with Crippen LogP contribution in [-0.4, -0.2) is 67.7 Å². The highest BCUT2D eigenvalue weighted by atomic mass is 16.9. The third kappa shape index (κ3) is 4.74. The lowest BCUT2D eigenvalue weighted by molar-refractivity contribution is -0.231. The Balaban J connectivity index is 1.35. The van der Waals surface area contributed by atoms with E-state index in [2.05, 4.69) is 10.6 Å². The SMILES string of the molecule is COc1ccccc1NC(=O)CCNC(=O)C1OC2OC(C)(C)OC2C2OC(C)(C)OC12. The van der Waals surface area contributed by atoms with Crippen LogP contribution in [0.25, 0.3) is 0 Å². The van der Waals surface area contributed by atoms with Gasteiger partial charge >= 0.3 is 0 Å². The van der Waals surface area contributed by atoms with Gasteiger partial charge in [-0.3, -0.25) is 9.59 Å². The van der Waals surface area contributed by atoms with Crippen LogP contribution in [0.1, 0.15) is 34.1 Å². The third-order valence-electron chi connectivity index (χ3n) is 5.45. The number of ether oxygens (including phenoxy) is 6. The average molecular weight is 450 g/mol. The minimum absolute atomic E-state index is 0.0755. The predicted octanol–water partition coefficient (Wildman–Crippen LogP) is 1.54. The molecule has 0 radical (unpaired) electrons. The quantitative estimate of drug-likeness (QED) is 0.671. The number of carbonyl (C=O) groups excluding carboxylic acids is 2. The fourth-order valence-corrected chi connectivity index (χ4v) is 4.18. The summed E-state index contributed by atoms with van der Waals surface area (Å²) in [6.45, 7) is 7.23. The molecule has 0 bridgehead atoms. The van der Waals surface area contributed by atoms with Crippen molar-refractivity contribution < 1.29 is 38.0 Å². The molecule has 176 valence electrons. The lowest BCUT2D eigenvalue weighted by Gasteiger charge is -2.36. The van der Waals surface area contributed by atoms with E-state index in [4.69, 9.17) is 28.4 Å². The number of para-hydroxylation sites is 2. The molecule has 10 heteroatoms. The first kappa shape index (κ1) is 22.9. The summed E-state index contributed by atoms with van der Waals surface area (Å²) < 4.78 is 34.8. The zero-order valence-corrected chi connectivity index (χ0v) is 18.9. The maximum absolute atomic E-state index is 12.9. The summed E-state index contributed by atoms with van der Waals surface area (Å²) in [7, 11) is 1.53. The zero-order chi connectivity index (χ0) is 23.1. The number of benzene rings is 1. The van der Waals surface area contributed by atoms with Crippen molar-refractivity contribution in [2.45, 2.75) is 76.4 Å². The van der Waals surface area contributed by atoms with E-state index < -0.39 is 48.2 Å². The number of hydrogen-bond acceptors (Lipinski definition) is 8. The van der Waals surface area contributed by atoms with Gasteiger partial charge in [0.05, 0.1) is 12.8 Å². The number of methoxy groups -OCH3 is 1. The summed E-state index contributed by atoms with van der Waals surface area (Å²) in [5.74, 6) is -1.86. The van der Waals surface area contributed by atoms with Gasteiger partial charge in [0, 0.05) is 13.0 Å². The maximum Gasteiger partial charge on any atom is 0.252 e. The van der Waals surface area contributed by atoms with Gasteiger partial charge in [-0.25, -0.2) is 0 Å². The second-order valence-corrected chi connectivity index (χ2v) is 8.88. The van der Waals surface area contributed by atoms with Crippen LogP contribution >= 0.6 is 0 Å². The molecule has 5 unspecified atom stereocenters. The predicted molar refractivity (Wildman–Crippen MR) is 112 cm³/mol. The van der Waals surface area contributed by atoms with E-state index in [0.717, 1.165) is 0 Å². The zero-order valence-electron chi connectivity index (χ0n) is 18.9. The van der Waals surface area contributed by atoms with Gasteiger partial charge in [0.15, 0.2) is 24.0 Å². The van der Waals surface area contributed by atoms with Gasteiger partial charge in [0.1, 0.15) is 24.1 Å². The molecule has 10 nitrogen and oxygen atoms in total. The number of anilines is 1. The molecule has 3 heterocycles. The fraction of sp³-hybridized carbons (Fsp3) is 0.636. The Morgan fingerprint density at radius 1 is 0.969 bits per heavy atom. The molecule has 3 aliphatic rings. The number of nitrogens with one attached hydrogen (secondary N) is 2. The third-order valence-corrected chi connectivity index (χ3v) is 5.45. The van der Waals surface area contributed by atoms with E-state index in [1.807, 2.05) is 6.07 Å². The van der Waals surface area contributed by atoms with E-state index in [1.54, 1.807) is 45.9 Å². The van der Waals surface area contributed by atoms with Crippen LogP contribution in [0.15, 0.2) is 24.3 Å². The molecular weight excluding hydrogens is 420 g/mol. The molecule has 0 aliphatic carbocycles. The van der Waals surface area contributed by atoms with Crippen LogP contribution in [0, 0.1) is 0 Å². The Labute approximate surface area is 186 Å². The number of carbonyl (C=O) groups is 2. The van der Waals surface area contributed by atoms with Crippen molar-refractivity contribution in [3.8, 4) is 5.75 Å². The minimum Gasteiger partial charge on any atom is -0.495 e. The first-order chi connectivity index (χ1) is 15.1. The Morgan fingerprint density at radius 2 is 1.62 bits per heavy atom. The van der Waals surface area contributed by atoms with Gasteiger partial charge in [-0.1, -0.05) is 12.1 Å². The van der Waals surface area contributed by atoms with Gasteiger partial charge in [-0.2, -0.15) is 0 Å². The monoisotopic (exact) mass is 450 g/mol. The molecular formula is C22H30N2O8. The largest absolute Gasteiger partial charge is 0.495 e. The first-order valence-electron chi connectivity index (χ1n) is 10.7. The Bertz CT molecular complexity index is 873. The van der Waals surface area contributed by atoms with Crippen molar-refractivity contribution >= 4 is 17.5 Å². The van der Waals surface area contributed by atoms with Gasteiger partial charge in [0.2, 0.25) is 5.91 Å². The van der Waals surface area contributed by atoms with Crippen molar-refractivity contribution in [3.05, 3.63) is 24.3 Å². The molecule has 0 spiro atoms. The summed E-state index contributed by atoms with van der Waals surface area (Å²) >= 11 is 0. The lowest BCUT2D eigenvalue weighted by atomic mass is 9.98. The molecule has 32 heavy (non-hydrogen) atoms. The van der Waals surface area contributed by atoms with Gasteiger partial charge < -0.3 is 39.1 Å². The van der Waals surface area contributed by atoms with Crippen LogP contribution in [0.4, 0.5) is 5.69 Å². The van der Waals surface area contributed by atoms with E-state index in [0.29, 0.717) is 11.4 Å². The second kappa shape index (κ2) is 8.60. The first-order valence-corrected chi connectivity index (χ1v) is 10.7. The van der Waals surface area contributed by atoms with Crippen LogP contribution in [0.2, 0.25) is 0 Å². The van der Waals surface area contributed by atoms with Crippen molar-refractivity contribution in [3.63, 3.8) is 0 Å². The lowest BCUT2D eigenvalue weighted by Crippen LogP contribution is -2.59. The van der Waals surface area contributed by atoms with Crippen molar-refractivity contribution in [2.75, 3.05) is 19.0 Å². The average Bonchev–Trinajstić information content (AvgIpc) is 3.21. The Morgan fingerprint density at radius 3 is 2.38 bits per heavy atom. The highest BCUT2D eigenvalue weighted by molar-refractivity contribution is 5.92. The van der Waals surface area contributed by atoms with Crippen molar-refractivity contribution in [1.82, 2.24) is 5.32 Å². The highest BCUT2D eigenvalue weighted by Gasteiger charge is 2.62. The molecule has 2 N–H and O–H groups in total. The second-order valence-electron chi connectivity index (χ2n) is 8.88. The van der Waals surface area contributed by atoms with Gasteiger partial charge in [-0.15, -0.1) is 0 Å². The summed E-state index contributed by atoms with van der Waals surface area (Å²) in [5, 5.41) is 5.52. The molecule has 0 aromatic heterocycles. The minimum atomic E-state index is -0.960. The summed E-state index contributed by atoms with van der Waals surface area (Å²) in [6, 6.07) is 7.10. The van der Waals surface area contributed by atoms with Gasteiger partial charge in [0.25, 0.3) is 5.91 Å². The normalized spacial score (nSPS) is 32.0. The highest BCUT2D eigenvalue weighted by Crippen LogP contribution is 2.44. The maximum atomic E-state index is 12.9. The molecule has 3 fully saturated rings. The van der Waals surface area contributed by atoms with E-state index in [9.17, 15) is 9.59 Å². The van der Waals surface area contributed by atoms with Crippen molar-refractivity contribution in [1.29, 1.82) is 0 Å². The molecule has 1 aromatic rings. The molecule has 0 saturated carbocycles. The molecule has 2 amide bonds. The number of hydrogen-bond donors (Lipinski definition) is 2. The van der Waals surface area contributed by atoms with E-state index in [1.165, 1.54) is 7.11 Å². The Kier molecular flexibility index (Phi) is 6.17. The van der Waals surface area contributed by atoms with E-state index in [-0.39, 0.29) is 18.9 Å². The topological polar surface area (TPSA) is 114 Å². The molecule has 4 rings (SSSR count). The standard InChI is InChI=1S/C22H30N2O8/c1-21(2)29-15-16(30-21)18-20(32-22(3,4)31-18)28-17(15)19(26)23-11-10-14(25)24-12-8-6-7-9-13(12)27-5/h6-9,15-18,20H,10-11H2,1-5H3,(H,23,26)(H,24,25). The fourth-order valence-electron chi connectivity index (χ4n) is 4.18. The molecule has 1 aromatic carbocycles. The molecule has 3 saturated heterocycles. The number of fused-ring (bicyclic) bond motifs is 3. The van der Waals surface area contributed by atoms with Crippen LogP contribution in [-0.2, 0) is 33.3 Å². The molecule has 5 atom stereocenters. The smallest absolute Gasteiger partial charge is 0.252 e. The Hall–Kier alpha value is -2.24. The number of amides is 2. The van der Waals surface area contributed by atoms with Crippen LogP contribution in [0.3, 0.4) is 0 Å². The summed E-state index contributed by atoms with van der Waals surface area (Å²) in [4.78, 5) is 25.2. The summed E-state index contributed by atoms with van der Waals surface area (Å²) in [6.07, 6.45) is -3.33.